The fourth-order valence-corrected chi connectivity index (χ4v) is 5.10. The van der Waals surface area contributed by atoms with Gasteiger partial charge in [0.15, 0.2) is 11.6 Å². The molecule has 1 fully saturated rings. The van der Waals surface area contributed by atoms with E-state index in [2.05, 4.69) is 5.32 Å². The number of nitrogens with one attached hydrogen (secondary N) is 1. The summed E-state index contributed by atoms with van der Waals surface area (Å²) in [4.78, 5) is 24.5. The van der Waals surface area contributed by atoms with Crippen molar-refractivity contribution >= 4 is 23.4 Å². The molecule has 0 bridgehead atoms. The van der Waals surface area contributed by atoms with Crippen LogP contribution in [0.5, 0.6) is 5.75 Å². The van der Waals surface area contributed by atoms with E-state index in [4.69, 9.17) is 4.74 Å². The van der Waals surface area contributed by atoms with E-state index in [1.165, 1.54) is 29.9 Å². The van der Waals surface area contributed by atoms with Gasteiger partial charge in [-0.15, -0.1) is 11.8 Å². The Labute approximate surface area is 178 Å². The number of halogens is 5. The van der Waals surface area contributed by atoms with Gasteiger partial charge < -0.3 is 14.6 Å². The third-order valence-electron chi connectivity index (χ3n) is 5.26. The summed E-state index contributed by atoms with van der Waals surface area (Å²) in [6.45, 7) is 0.969. The average molecular weight is 462 g/mol. The van der Waals surface area contributed by atoms with E-state index in [9.17, 15) is 31.5 Å². The maximum Gasteiger partial charge on any atom is 0.403 e. The zero-order valence-electron chi connectivity index (χ0n) is 16.7. The van der Waals surface area contributed by atoms with Crippen molar-refractivity contribution in [2.75, 3.05) is 12.4 Å². The van der Waals surface area contributed by atoms with E-state index in [1.54, 1.807) is 0 Å². The van der Waals surface area contributed by atoms with Crippen LogP contribution in [-0.4, -0.2) is 33.8 Å². The van der Waals surface area contributed by atoms with Gasteiger partial charge in [-0.25, -0.2) is 4.39 Å². The van der Waals surface area contributed by atoms with Crippen LogP contribution >= 0.6 is 11.8 Å². The molecule has 2 aromatic rings. The van der Waals surface area contributed by atoms with Crippen LogP contribution in [0.2, 0.25) is 0 Å². The number of amides is 1. The lowest BCUT2D eigenvalue weighted by atomic mass is 9.85. The van der Waals surface area contributed by atoms with Crippen LogP contribution in [0.3, 0.4) is 0 Å². The molecule has 0 spiro atoms. The number of aryl methyl sites for hydroxylation is 1. The number of carbonyl (C=O) groups excluding carboxylic acids is 1. The van der Waals surface area contributed by atoms with Crippen molar-refractivity contribution in [3.05, 3.63) is 58.0 Å². The van der Waals surface area contributed by atoms with Gasteiger partial charge in [-0.2, -0.15) is 17.6 Å². The number of methoxy groups -OCH3 is 1. The summed E-state index contributed by atoms with van der Waals surface area (Å²) in [5.74, 6) is -4.93. The van der Waals surface area contributed by atoms with E-state index in [0.717, 1.165) is 26.2 Å². The minimum Gasteiger partial charge on any atom is -0.493 e. The van der Waals surface area contributed by atoms with Gasteiger partial charge in [-0.3, -0.25) is 9.59 Å². The van der Waals surface area contributed by atoms with Crippen molar-refractivity contribution < 1.29 is 31.5 Å². The number of pyridine rings is 1. The summed E-state index contributed by atoms with van der Waals surface area (Å²) in [6, 6.07) is 4.46. The summed E-state index contributed by atoms with van der Waals surface area (Å²) in [5, 5.41) is 1.23. The summed E-state index contributed by atoms with van der Waals surface area (Å²) in [6.07, 6.45) is -3.85. The van der Waals surface area contributed by atoms with Crippen molar-refractivity contribution in [2.45, 2.75) is 35.4 Å². The van der Waals surface area contributed by atoms with Crippen LogP contribution in [0.4, 0.5) is 27.6 Å². The Bertz CT molecular complexity index is 1070. The topological polar surface area (TPSA) is 60.3 Å². The lowest BCUT2D eigenvalue weighted by Gasteiger charge is -2.26. The van der Waals surface area contributed by atoms with Crippen molar-refractivity contribution in [2.24, 2.45) is 7.05 Å². The first-order valence-electron chi connectivity index (χ1n) is 9.12. The highest BCUT2D eigenvalue weighted by Crippen LogP contribution is 2.59. The first kappa shape index (κ1) is 23.1. The number of rotatable bonds is 4. The second-order valence-electron chi connectivity index (χ2n) is 7.42. The minimum atomic E-state index is -4.65. The molecule has 1 aromatic heterocycles. The molecule has 1 saturated heterocycles. The molecule has 11 heteroatoms. The number of nitrogens with zero attached hydrogens (tertiary/aromatic N) is 1. The standard InChI is InChI=1S/C20H19F5N2O3S/c1-19(20(23,24)25)8-12(11-5-6-13(21)15(22)16(11)30-3)17(31-19)18(29)26-10-4-7-14(28)27(2)9-10/h4-7,9,12,17H,8H2,1-3H3,(H,26,29). The number of hydrogen-bond acceptors (Lipinski definition) is 4. The Morgan fingerprint density at radius 1 is 1.26 bits per heavy atom. The fourth-order valence-electron chi connectivity index (χ4n) is 3.56. The van der Waals surface area contributed by atoms with Crippen molar-refractivity contribution in [1.29, 1.82) is 0 Å². The molecular formula is C20H19F5N2O3S. The molecule has 1 amide bonds. The van der Waals surface area contributed by atoms with Gasteiger partial charge in [0.2, 0.25) is 17.3 Å². The number of thioether (sulfide) groups is 1. The molecule has 31 heavy (non-hydrogen) atoms. The Kier molecular flexibility index (Phi) is 6.09. The molecule has 0 radical (unpaired) electrons. The fraction of sp³-hybridized carbons (Fsp3) is 0.400. The number of ether oxygens (including phenoxy) is 1. The Balaban J connectivity index is 2.03. The van der Waals surface area contributed by atoms with Crippen LogP contribution in [0.25, 0.3) is 0 Å². The third kappa shape index (κ3) is 4.28. The van der Waals surface area contributed by atoms with Crippen LogP contribution in [0.1, 0.15) is 24.8 Å². The van der Waals surface area contributed by atoms with E-state index in [-0.39, 0.29) is 16.8 Å². The molecule has 0 saturated carbocycles. The molecule has 1 aromatic carbocycles. The summed E-state index contributed by atoms with van der Waals surface area (Å²) in [7, 11) is 2.53. The number of alkyl halides is 3. The molecule has 168 valence electrons. The zero-order chi connectivity index (χ0) is 23.1. The second-order valence-corrected chi connectivity index (χ2v) is 9.06. The average Bonchev–Trinajstić information content (AvgIpc) is 3.06. The normalized spacial score (nSPS) is 23.6. The van der Waals surface area contributed by atoms with Gasteiger partial charge in [-0.1, -0.05) is 6.07 Å². The van der Waals surface area contributed by atoms with Gasteiger partial charge >= 0.3 is 6.18 Å². The van der Waals surface area contributed by atoms with Crippen LogP contribution in [-0.2, 0) is 11.8 Å². The molecule has 0 aliphatic carbocycles. The van der Waals surface area contributed by atoms with Crippen molar-refractivity contribution in [3.8, 4) is 5.75 Å². The number of anilines is 1. The summed E-state index contributed by atoms with van der Waals surface area (Å²) < 4.78 is 73.0. The number of hydrogen-bond donors (Lipinski definition) is 1. The first-order valence-corrected chi connectivity index (χ1v) is 10.00. The predicted molar refractivity (Wildman–Crippen MR) is 106 cm³/mol. The SMILES string of the molecule is COc1c(C2CC(C)(C(F)(F)F)SC2C(=O)Nc2ccc(=O)n(C)c2)ccc(F)c1F. The lowest BCUT2D eigenvalue weighted by molar-refractivity contribution is -0.155. The van der Waals surface area contributed by atoms with E-state index in [1.807, 2.05) is 0 Å². The van der Waals surface area contributed by atoms with Crippen LogP contribution in [0.15, 0.2) is 35.3 Å². The molecule has 3 atom stereocenters. The molecule has 1 N–H and O–H groups in total. The highest BCUT2D eigenvalue weighted by atomic mass is 32.2. The van der Waals surface area contributed by atoms with Crippen LogP contribution < -0.4 is 15.6 Å². The maximum atomic E-state index is 14.2. The molecule has 3 rings (SSSR count). The second kappa shape index (κ2) is 8.18. The smallest absolute Gasteiger partial charge is 0.403 e. The number of benzene rings is 1. The van der Waals surface area contributed by atoms with Crippen LogP contribution in [0, 0.1) is 11.6 Å². The van der Waals surface area contributed by atoms with E-state index >= 15 is 0 Å². The van der Waals surface area contributed by atoms with Gasteiger partial charge in [0.25, 0.3) is 0 Å². The Hall–Kier alpha value is -2.56. The summed E-state index contributed by atoms with van der Waals surface area (Å²) in [5.41, 5.74) is -0.144. The van der Waals surface area contributed by atoms with Gasteiger partial charge in [0, 0.05) is 30.8 Å². The lowest BCUT2D eigenvalue weighted by Crippen LogP contribution is -2.37. The summed E-state index contributed by atoms with van der Waals surface area (Å²) >= 11 is 0.409. The van der Waals surface area contributed by atoms with Gasteiger partial charge in [0.1, 0.15) is 4.75 Å². The largest absolute Gasteiger partial charge is 0.493 e. The molecule has 3 unspecified atom stereocenters. The molecule has 2 heterocycles. The van der Waals surface area contributed by atoms with Gasteiger partial charge in [-0.05, 0) is 25.5 Å². The quantitative estimate of drug-likeness (QED) is 0.692. The highest BCUT2D eigenvalue weighted by molar-refractivity contribution is 8.02. The Morgan fingerprint density at radius 2 is 1.94 bits per heavy atom. The number of aromatic nitrogens is 1. The van der Waals surface area contributed by atoms with Gasteiger partial charge in [0.05, 0.1) is 18.0 Å². The third-order valence-corrected chi connectivity index (χ3v) is 6.97. The molecule has 1 aliphatic heterocycles. The molecular weight excluding hydrogens is 443 g/mol. The molecule has 1 aliphatic rings. The zero-order valence-corrected chi connectivity index (χ0v) is 17.5. The Morgan fingerprint density at radius 3 is 2.52 bits per heavy atom. The minimum absolute atomic E-state index is 0.0255. The van der Waals surface area contributed by atoms with Crippen molar-refractivity contribution in [1.82, 2.24) is 4.57 Å². The van der Waals surface area contributed by atoms with E-state index < -0.39 is 51.8 Å². The molecule has 5 nitrogen and oxygen atoms in total. The van der Waals surface area contributed by atoms with E-state index in [0.29, 0.717) is 11.8 Å². The maximum absolute atomic E-state index is 14.2. The monoisotopic (exact) mass is 462 g/mol. The van der Waals surface area contributed by atoms with Crippen molar-refractivity contribution in [3.63, 3.8) is 0 Å². The predicted octanol–water partition coefficient (Wildman–Crippen LogP) is 4.22. The highest BCUT2D eigenvalue weighted by Gasteiger charge is 2.60. The first-order chi connectivity index (χ1) is 14.4. The number of carbonyl (C=O) groups is 1.